The Hall–Kier alpha value is -2.37. The van der Waals surface area contributed by atoms with E-state index in [4.69, 9.17) is 4.74 Å². The van der Waals surface area contributed by atoms with Gasteiger partial charge in [0.05, 0.1) is 5.92 Å². The van der Waals surface area contributed by atoms with Crippen LogP contribution in [-0.4, -0.2) is 41.9 Å². The molecule has 1 N–H and O–H groups in total. The van der Waals surface area contributed by atoms with E-state index in [9.17, 15) is 14.4 Å². The van der Waals surface area contributed by atoms with Gasteiger partial charge in [0.2, 0.25) is 5.91 Å². The van der Waals surface area contributed by atoms with Crippen molar-refractivity contribution in [2.75, 3.05) is 18.5 Å². The highest BCUT2D eigenvalue weighted by Gasteiger charge is 2.42. The maximum Gasteiger partial charge on any atom is 0.311 e. The summed E-state index contributed by atoms with van der Waals surface area (Å²) in [6, 6.07) is 6.11. The number of nitrogens with one attached hydrogen (secondary N) is 1. The van der Waals surface area contributed by atoms with Gasteiger partial charge in [0.25, 0.3) is 5.91 Å². The van der Waals surface area contributed by atoms with Gasteiger partial charge in [-0.15, -0.1) is 0 Å². The maximum atomic E-state index is 12.6. The summed E-state index contributed by atoms with van der Waals surface area (Å²) < 4.78 is 5.30. The van der Waals surface area contributed by atoms with Gasteiger partial charge in [-0.2, -0.15) is 0 Å². The van der Waals surface area contributed by atoms with Crippen LogP contribution in [0.25, 0.3) is 0 Å². The molecule has 1 aliphatic carbocycles. The van der Waals surface area contributed by atoms with E-state index in [1.165, 1.54) is 6.42 Å². The molecule has 6 nitrogen and oxygen atoms in total. The van der Waals surface area contributed by atoms with Crippen LogP contribution in [0, 0.1) is 24.7 Å². The molecule has 170 valence electrons. The summed E-state index contributed by atoms with van der Waals surface area (Å²) in [5.74, 6) is -0.0100. The SMILES string of the molecule is Cc1cccc(C(C)C)c1NC(=O)COC(=O)[C@H]1CC(=O)N([C@@H]2CCC[C@H](C)[C@@H]2C)C1. The molecule has 1 aromatic rings. The Balaban J connectivity index is 1.55. The van der Waals surface area contributed by atoms with Crippen molar-refractivity contribution in [1.29, 1.82) is 0 Å². The third-order valence-electron chi connectivity index (χ3n) is 7.09. The predicted molar refractivity (Wildman–Crippen MR) is 121 cm³/mol. The molecule has 0 radical (unpaired) electrons. The summed E-state index contributed by atoms with van der Waals surface area (Å²) in [4.78, 5) is 39.5. The zero-order valence-corrected chi connectivity index (χ0v) is 19.4. The first kappa shape index (κ1) is 23.3. The Morgan fingerprint density at radius 1 is 1.23 bits per heavy atom. The van der Waals surface area contributed by atoms with E-state index in [2.05, 4.69) is 33.0 Å². The van der Waals surface area contributed by atoms with Crippen molar-refractivity contribution >= 4 is 23.5 Å². The molecule has 3 rings (SSSR count). The Morgan fingerprint density at radius 3 is 2.68 bits per heavy atom. The van der Waals surface area contributed by atoms with Crippen molar-refractivity contribution in [3.8, 4) is 0 Å². The highest BCUT2D eigenvalue weighted by Crippen LogP contribution is 2.36. The van der Waals surface area contributed by atoms with Gasteiger partial charge in [0, 0.05) is 24.7 Å². The molecule has 1 saturated carbocycles. The lowest BCUT2D eigenvalue weighted by Gasteiger charge is -2.39. The van der Waals surface area contributed by atoms with Crippen molar-refractivity contribution in [2.24, 2.45) is 17.8 Å². The normalized spacial score (nSPS) is 26.3. The smallest absolute Gasteiger partial charge is 0.311 e. The van der Waals surface area contributed by atoms with Gasteiger partial charge in [0.15, 0.2) is 6.61 Å². The molecule has 1 aromatic carbocycles. The molecule has 6 heteroatoms. The number of likely N-dealkylation sites (tertiary alicyclic amines) is 1. The summed E-state index contributed by atoms with van der Waals surface area (Å²) in [7, 11) is 0. The van der Waals surface area contributed by atoms with Crippen molar-refractivity contribution in [3.05, 3.63) is 29.3 Å². The second-order valence-electron chi connectivity index (χ2n) is 9.63. The van der Waals surface area contributed by atoms with Crippen LogP contribution in [0.15, 0.2) is 18.2 Å². The fourth-order valence-corrected chi connectivity index (χ4v) is 4.98. The number of carbonyl (C=O) groups excluding carboxylic acids is 3. The largest absolute Gasteiger partial charge is 0.455 e. The Morgan fingerprint density at radius 2 is 1.97 bits per heavy atom. The van der Waals surface area contributed by atoms with Crippen LogP contribution in [0.3, 0.4) is 0 Å². The average molecular weight is 429 g/mol. The third-order valence-corrected chi connectivity index (χ3v) is 7.09. The fraction of sp³-hybridized carbons (Fsp3) is 0.640. The number of aryl methyl sites for hydroxylation is 1. The number of rotatable bonds is 6. The number of carbonyl (C=O) groups is 3. The van der Waals surface area contributed by atoms with Gasteiger partial charge in [-0.05, 0) is 42.2 Å². The van der Waals surface area contributed by atoms with Crippen LogP contribution in [0.4, 0.5) is 5.69 Å². The van der Waals surface area contributed by atoms with E-state index in [1.54, 1.807) is 0 Å². The zero-order valence-electron chi connectivity index (χ0n) is 19.4. The van der Waals surface area contributed by atoms with E-state index in [1.807, 2.05) is 30.0 Å². The predicted octanol–water partition coefficient (Wildman–Crippen LogP) is 4.27. The van der Waals surface area contributed by atoms with E-state index < -0.39 is 11.9 Å². The summed E-state index contributed by atoms with van der Waals surface area (Å²) in [6.07, 6.45) is 3.48. The Bertz CT molecular complexity index is 835. The van der Waals surface area contributed by atoms with Gasteiger partial charge in [0.1, 0.15) is 0 Å². The number of nitrogens with zero attached hydrogens (tertiary/aromatic N) is 1. The molecule has 31 heavy (non-hydrogen) atoms. The van der Waals surface area contributed by atoms with Gasteiger partial charge in [-0.1, -0.05) is 58.7 Å². The molecule has 0 aromatic heterocycles. The number of amides is 2. The molecule has 1 saturated heterocycles. The molecule has 2 amide bonds. The summed E-state index contributed by atoms with van der Waals surface area (Å²) in [5, 5.41) is 2.89. The molecule has 2 fully saturated rings. The van der Waals surface area contributed by atoms with Crippen LogP contribution in [-0.2, 0) is 19.1 Å². The highest BCUT2D eigenvalue weighted by atomic mass is 16.5. The Kier molecular flexibility index (Phi) is 7.39. The van der Waals surface area contributed by atoms with Crippen LogP contribution >= 0.6 is 0 Å². The van der Waals surface area contributed by atoms with Crippen LogP contribution in [0.1, 0.15) is 70.4 Å². The molecule has 0 unspecified atom stereocenters. The van der Waals surface area contributed by atoms with Crippen molar-refractivity contribution in [3.63, 3.8) is 0 Å². The van der Waals surface area contributed by atoms with Crippen LogP contribution in [0.5, 0.6) is 0 Å². The molecular weight excluding hydrogens is 392 g/mol. The standard InChI is InChI=1S/C25H36N2O4/c1-15(2)20-10-6-9-17(4)24(20)26-22(28)14-31-25(30)19-12-23(29)27(13-19)21-11-7-8-16(3)18(21)5/h6,9-10,15-16,18-19,21H,7-8,11-14H2,1-5H3,(H,26,28)/t16-,18-,19-,21+/m0/s1. The Labute approximate surface area is 185 Å². The molecule has 2 aliphatic rings. The van der Waals surface area contributed by atoms with E-state index in [0.29, 0.717) is 18.4 Å². The lowest BCUT2D eigenvalue weighted by molar-refractivity contribution is -0.151. The van der Waals surface area contributed by atoms with Crippen molar-refractivity contribution < 1.29 is 19.1 Å². The van der Waals surface area contributed by atoms with Gasteiger partial charge >= 0.3 is 5.97 Å². The minimum absolute atomic E-state index is 0.0267. The fourth-order valence-electron chi connectivity index (χ4n) is 4.98. The highest BCUT2D eigenvalue weighted by molar-refractivity contribution is 5.95. The minimum Gasteiger partial charge on any atom is -0.455 e. The summed E-state index contributed by atoms with van der Waals surface area (Å²) in [6.45, 7) is 10.6. The van der Waals surface area contributed by atoms with E-state index >= 15 is 0 Å². The second-order valence-corrected chi connectivity index (χ2v) is 9.63. The number of anilines is 1. The molecule has 1 heterocycles. The number of ether oxygens (including phenoxy) is 1. The topological polar surface area (TPSA) is 75.7 Å². The number of esters is 1. The van der Waals surface area contributed by atoms with E-state index in [-0.39, 0.29) is 36.8 Å². The van der Waals surface area contributed by atoms with Crippen LogP contribution < -0.4 is 5.32 Å². The summed E-state index contributed by atoms with van der Waals surface area (Å²) in [5.41, 5.74) is 2.80. The van der Waals surface area contributed by atoms with Gasteiger partial charge in [-0.3, -0.25) is 14.4 Å². The number of hydrogen-bond donors (Lipinski definition) is 1. The quantitative estimate of drug-likeness (QED) is 0.687. The first-order chi connectivity index (χ1) is 14.7. The van der Waals surface area contributed by atoms with Crippen molar-refractivity contribution in [1.82, 2.24) is 4.90 Å². The number of para-hydroxylation sites is 1. The third kappa shape index (κ3) is 5.28. The maximum absolute atomic E-state index is 12.6. The van der Waals surface area contributed by atoms with Crippen molar-refractivity contribution in [2.45, 2.75) is 72.3 Å². The molecule has 0 bridgehead atoms. The van der Waals surface area contributed by atoms with Gasteiger partial charge < -0.3 is 15.0 Å². The first-order valence-electron chi connectivity index (χ1n) is 11.5. The average Bonchev–Trinajstić information content (AvgIpc) is 3.11. The van der Waals surface area contributed by atoms with Crippen LogP contribution in [0.2, 0.25) is 0 Å². The molecule has 4 atom stereocenters. The lowest BCUT2D eigenvalue weighted by atomic mass is 9.77. The van der Waals surface area contributed by atoms with Gasteiger partial charge in [-0.25, -0.2) is 0 Å². The monoisotopic (exact) mass is 428 g/mol. The molecular formula is C25H36N2O4. The molecule has 0 spiro atoms. The lowest BCUT2D eigenvalue weighted by Crippen LogP contribution is -2.45. The molecule has 1 aliphatic heterocycles. The number of benzene rings is 1. The number of hydrogen-bond acceptors (Lipinski definition) is 4. The van der Waals surface area contributed by atoms with E-state index in [0.717, 1.165) is 29.7 Å². The minimum atomic E-state index is -0.491. The zero-order chi connectivity index (χ0) is 22.7. The second kappa shape index (κ2) is 9.84. The summed E-state index contributed by atoms with van der Waals surface area (Å²) >= 11 is 0. The first-order valence-corrected chi connectivity index (χ1v) is 11.5.